The molecule has 0 saturated heterocycles. The fraction of sp³-hybridized carbons (Fsp3) is 0.185. The van der Waals surface area contributed by atoms with Crippen LogP contribution in [0.25, 0.3) is 16.9 Å². The lowest BCUT2D eigenvalue weighted by molar-refractivity contribution is -0.142. The first-order chi connectivity index (χ1) is 18.5. The van der Waals surface area contributed by atoms with Gasteiger partial charge >= 0.3 is 6.18 Å². The van der Waals surface area contributed by atoms with E-state index in [0.717, 1.165) is 17.8 Å². The van der Waals surface area contributed by atoms with Crippen LogP contribution in [-0.4, -0.2) is 30.3 Å². The quantitative estimate of drug-likeness (QED) is 0.233. The smallest absolute Gasteiger partial charge is 0.305 e. The topological polar surface area (TPSA) is 77.1 Å². The number of hydrogen-bond donors (Lipinski definition) is 1. The summed E-state index contributed by atoms with van der Waals surface area (Å²) in [4.78, 5) is 17.4. The average molecular weight is 557 g/mol. The molecule has 1 N–H and O–H groups in total. The van der Waals surface area contributed by atoms with E-state index in [1.54, 1.807) is 18.3 Å². The molecule has 0 aliphatic rings. The predicted molar refractivity (Wildman–Crippen MR) is 138 cm³/mol. The fourth-order valence-corrected chi connectivity index (χ4v) is 4.26. The van der Waals surface area contributed by atoms with E-state index in [4.69, 9.17) is 11.6 Å². The number of nitrogens with zero attached hydrogens (tertiary/aromatic N) is 5. The summed E-state index contributed by atoms with van der Waals surface area (Å²) >= 11 is 6.07. The maximum atomic E-state index is 13.9. The van der Waals surface area contributed by atoms with Crippen molar-refractivity contribution in [3.63, 3.8) is 0 Å². The number of aromatic nitrogens is 5. The molecule has 5 rings (SSSR count). The molecule has 0 radical (unpaired) electrons. The van der Waals surface area contributed by atoms with Gasteiger partial charge in [0.2, 0.25) is 0 Å². The summed E-state index contributed by atoms with van der Waals surface area (Å²) < 4.78 is 57.2. The Hall–Kier alpha value is -4.25. The Morgan fingerprint density at radius 3 is 2.49 bits per heavy atom. The molecule has 7 nitrogen and oxygen atoms in total. The van der Waals surface area contributed by atoms with Crippen LogP contribution in [0.4, 0.5) is 23.4 Å². The standard InChI is InChI=1S/C27H21ClF4N6O/c1-15(2)16-3-5-17(6-4-16)22-12-23(27(30,31)32)38-25(34-22)20(13-33-38)26(39)35-24-9-10-37(36-24)14-18-7-8-19(29)11-21(18)28/h3-13,15H,14H2,1-2H3,(H,35,36,39). The van der Waals surface area contributed by atoms with Gasteiger partial charge in [0.1, 0.15) is 11.4 Å². The van der Waals surface area contributed by atoms with Gasteiger partial charge in [-0.15, -0.1) is 0 Å². The van der Waals surface area contributed by atoms with Crippen LogP contribution in [0.5, 0.6) is 0 Å². The van der Waals surface area contributed by atoms with Crippen LogP contribution in [0.3, 0.4) is 0 Å². The summed E-state index contributed by atoms with van der Waals surface area (Å²) in [6, 6.07) is 13.5. The molecular formula is C27H21ClF4N6O. The number of alkyl halides is 3. The van der Waals surface area contributed by atoms with Gasteiger partial charge in [-0.3, -0.25) is 9.48 Å². The Balaban J connectivity index is 1.45. The van der Waals surface area contributed by atoms with Crippen molar-refractivity contribution in [2.45, 2.75) is 32.5 Å². The first kappa shape index (κ1) is 26.4. The van der Waals surface area contributed by atoms with E-state index in [1.165, 1.54) is 28.9 Å². The van der Waals surface area contributed by atoms with Gasteiger partial charge < -0.3 is 5.32 Å². The third-order valence-corrected chi connectivity index (χ3v) is 6.46. The molecule has 39 heavy (non-hydrogen) atoms. The summed E-state index contributed by atoms with van der Waals surface area (Å²) in [5, 5.41) is 10.8. The second-order valence-electron chi connectivity index (χ2n) is 9.18. The number of carbonyl (C=O) groups excluding carboxylic acids is 1. The van der Waals surface area contributed by atoms with Gasteiger partial charge in [0, 0.05) is 22.8 Å². The van der Waals surface area contributed by atoms with Gasteiger partial charge in [-0.05, 0) is 35.2 Å². The maximum absolute atomic E-state index is 13.9. The van der Waals surface area contributed by atoms with Crippen LogP contribution in [0, 0.1) is 5.82 Å². The lowest BCUT2D eigenvalue weighted by atomic mass is 10.0. The molecule has 0 unspecified atom stereocenters. The highest BCUT2D eigenvalue weighted by molar-refractivity contribution is 6.31. The van der Waals surface area contributed by atoms with Gasteiger partial charge in [0.25, 0.3) is 5.91 Å². The summed E-state index contributed by atoms with van der Waals surface area (Å²) in [6.07, 6.45) is -2.13. The number of nitrogens with one attached hydrogen (secondary N) is 1. The fourth-order valence-electron chi connectivity index (χ4n) is 4.04. The Morgan fingerprint density at radius 1 is 1.08 bits per heavy atom. The van der Waals surface area contributed by atoms with Gasteiger partial charge in [-0.2, -0.15) is 23.4 Å². The zero-order valence-electron chi connectivity index (χ0n) is 20.7. The summed E-state index contributed by atoms with van der Waals surface area (Å²) in [5.74, 6) is -0.804. The number of halogens is 5. The molecule has 1 amide bonds. The molecule has 0 spiro atoms. The van der Waals surface area contributed by atoms with Crippen molar-refractivity contribution < 1.29 is 22.4 Å². The molecule has 0 fully saturated rings. The third-order valence-electron chi connectivity index (χ3n) is 6.11. The minimum absolute atomic E-state index is 0.0557. The molecule has 200 valence electrons. The van der Waals surface area contributed by atoms with Crippen LogP contribution >= 0.6 is 11.6 Å². The summed E-state index contributed by atoms with van der Waals surface area (Å²) in [6.45, 7) is 4.24. The predicted octanol–water partition coefficient (Wildman–Crippen LogP) is 6.83. The normalized spacial score (nSPS) is 11.9. The van der Waals surface area contributed by atoms with Crippen molar-refractivity contribution in [3.8, 4) is 11.3 Å². The molecule has 5 aromatic rings. The SMILES string of the molecule is CC(C)c1ccc(-c2cc(C(F)(F)F)n3ncc(C(=O)Nc4ccn(Cc5ccc(F)cc5Cl)n4)c3n2)cc1. The Kier molecular flexibility index (Phi) is 6.85. The number of carbonyl (C=O) groups is 1. The third kappa shape index (κ3) is 5.49. The highest BCUT2D eigenvalue weighted by Gasteiger charge is 2.36. The van der Waals surface area contributed by atoms with E-state index in [9.17, 15) is 22.4 Å². The highest BCUT2D eigenvalue weighted by Crippen LogP contribution is 2.33. The van der Waals surface area contributed by atoms with Crippen molar-refractivity contribution in [3.05, 3.63) is 100 Å². The van der Waals surface area contributed by atoms with Crippen molar-refractivity contribution in [1.29, 1.82) is 0 Å². The maximum Gasteiger partial charge on any atom is 0.433 e. The monoisotopic (exact) mass is 556 g/mol. The van der Waals surface area contributed by atoms with Crippen molar-refractivity contribution >= 4 is 29.0 Å². The van der Waals surface area contributed by atoms with Crippen LogP contribution in [0.1, 0.15) is 46.9 Å². The summed E-state index contributed by atoms with van der Waals surface area (Å²) in [5.41, 5.74) is 0.703. The van der Waals surface area contributed by atoms with E-state index in [-0.39, 0.29) is 40.2 Å². The number of hydrogen-bond acceptors (Lipinski definition) is 4. The largest absolute Gasteiger partial charge is 0.433 e. The van der Waals surface area contributed by atoms with Gasteiger partial charge in [-0.1, -0.05) is 55.8 Å². The van der Waals surface area contributed by atoms with Crippen LogP contribution in [0.15, 0.2) is 67.0 Å². The number of anilines is 1. The molecular weight excluding hydrogens is 536 g/mol. The lowest BCUT2D eigenvalue weighted by Crippen LogP contribution is -2.16. The van der Waals surface area contributed by atoms with Crippen molar-refractivity contribution in [2.75, 3.05) is 5.32 Å². The second kappa shape index (κ2) is 10.1. The van der Waals surface area contributed by atoms with Crippen molar-refractivity contribution in [1.82, 2.24) is 24.4 Å². The molecule has 3 heterocycles. The number of fused-ring (bicyclic) bond motifs is 1. The lowest BCUT2D eigenvalue weighted by Gasteiger charge is -2.12. The molecule has 0 aliphatic heterocycles. The minimum atomic E-state index is -4.74. The van der Waals surface area contributed by atoms with E-state index in [0.29, 0.717) is 15.6 Å². The molecule has 0 bridgehead atoms. The number of benzene rings is 2. The number of amides is 1. The number of rotatable bonds is 6. The van der Waals surface area contributed by atoms with E-state index < -0.39 is 23.6 Å². The first-order valence-electron chi connectivity index (χ1n) is 11.8. The van der Waals surface area contributed by atoms with Crippen LogP contribution in [0.2, 0.25) is 5.02 Å². The minimum Gasteiger partial charge on any atom is -0.305 e. The molecule has 3 aromatic heterocycles. The molecule has 0 aliphatic carbocycles. The zero-order chi connectivity index (χ0) is 27.9. The Labute approximate surface area is 225 Å². The molecule has 0 atom stereocenters. The van der Waals surface area contributed by atoms with E-state index in [1.807, 2.05) is 26.0 Å². The van der Waals surface area contributed by atoms with Crippen molar-refractivity contribution in [2.24, 2.45) is 0 Å². The highest BCUT2D eigenvalue weighted by atomic mass is 35.5. The van der Waals surface area contributed by atoms with E-state index in [2.05, 4.69) is 20.5 Å². The zero-order valence-corrected chi connectivity index (χ0v) is 21.4. The molecule has 2 aromatic carbocycles. The Bertz CT molecular complexity index is 1670. The van der Waals surface area contributed by atoms with Gasteiger partial charge in [0.05, 0.1) is 18.4 Å². The second-order valence-corrected chi connectivity index (χ2v) is 9.59. The van der Waals surface area contributed by atoms with Gasteiger partial charge in [0.15, 0.2) is 17.2 Å². The summed E-state index contributed by atoms with van der Waals surface area (Å²) in [7, 11) is 0. The van der Waals surface area contributed by atoms with Crippen LogP contribution < -0.4 is 5.32 Å². The van der Waals surface area contributed by atoms with E-state index >= 15 is 0 Å². The van der Waals surface area contributed by atoms with Crippen LogP contribution in [-0.2, 0) is 12.7 Å². The first-order valence-corrected chi connectivity index (χ1v) is 12.2. The molecule has 12 heteroatoms. The molecule has 0 saturated carbocycles. The average Bonchev–Trinajstić information content (AvgIpc) is 3.51. The Morgan fingerprint density at radius 2 is 1.82 bits per heavy atom. The van der Waals surface area contributed by atoms with Gasteiger partial charge in [-0.25, -0.2) is 13.9 Å².